The number of hydrogen-bond donors (Lipinski definition) is 1. The second kappa shape index (κ2) is 5.53. The van der Waals surface area contributed by atoms with Gasteiger partial charge in [-0.3, -0.25) is 4.79 Å². The van der Waals surface area contributed by atoms with Crippen LogP contribution in [-0.4, -0.2) is 11.4 Å². The third-order valence-electron chi connectivity index (χ3n) is 3.42. The molecule has 0 aliphatic heterocycles. The molecule has 1 amide bonds. The monoisotopic (exact) mass is 262 g/mol. The molecule has 0 radical (unpaired) electrons. The summed E-state index contributed by atoms with van der Waals surface area (Å²) in [5.74, 6) is 0.0181. The molecule has 0 spiro atoms. The summed E-state index contributed by atoms with van der Waals surface area (Å²) in [4.78, 5) is 14.4. The maximum atomic E-state index is 11.7. The first-order chi connectivity index (χ1) is 8.63. The molecular weight excluding hydrogens is 244 g/mol. The van der Waals surface area contributed by atoms with Crippen LogP contribution in [0, 0.1) is 18.3 Å². The van der Waals surface area contributed by atoms with Crippen molar-refractivity contribution in [1.82, 2.24) is 5.32 Å². The van der Waals surface area contributed by atoms with Crippen LogP contribution in [-0.2, 0) is 11.2 Å². The molecule has 18 heavy (non-hydrogen) atoms. The van der Waals surface area contributed by atoms with Crippen molar-refractivity contribution in [2.45, 2.75) is 51.0 Å². The van der Waals surface area contributed by atoms with Crippen molar-refractivity contribution in [2.24, 2.45) is 0 Å². The summed E-state index contributed by atoms with van der Waals surface area (Å²) in [6, 6.07) is 6.46. The quantitative estimate of drug-likeness (QED) is 0.887. The van der Waals surface area contributed by atoms with Crippen molar-refractivity contribution in [3.05, 3.63) is 21.9 Å². The summed E-state index contributed by atoms with van der Waals surface area (Å²) in [5, 5.41) is 11.9. The molecular formula is C14H18N2OS. The maximum Gasteiger partial charge on any atom is 0.221 e. The van der Waals surface area contributed by atoms with Crippen LogP contribution in [0.4, 0.5) is 0 Å². The molecule has 3 nitrogen and oxygen atoms in total. The number of carbonyl (C=O) groups excluding carboxylic acids is 1. The Bertz CT molecular complexity index is 468. The molecule has 1 aliphatic rings. The number of thiophene rings is 1. The van der Waals surface area contributed by atoms with Crippen molar-refractivity contribution < 1.29 is 4.79 Å². The lowest BCUT2D eigenvalue weighted by Crippen LogP contribution is -2.52. The maximum absolute atomic E-state index is 11.7. The summed E-state index contributed by atoms with van der Waals surface area (Å²) < 4.78 is 0. The van der Waals surface area contributed by atoms with E-state index in [1.165, 1.54) is 9.75 Å². The molecule has 2 rings (SSSR count). The van der Waals surface area contributed by atoms with Crippen LogP contribution in [0.1, 0.15) is 41.9 Å². The Hall–Kier alpha value is -1.34. The van der Waals surface area contributed by atoms with E-state index in [0.717, 1.165) is 32.1 Å². The average molecular weight is 262 g/mol. The first kappa shape index (κ1) is 13.1. The van der Waals surface area contributed by atoms with Gasteiger partial charge in [0.2, 0.25) is 5.91 Å². The third-order valence-corrected chi connectivity index (χ3v) is 4.48. The SMILES string of the molecule is Cc1ccc(CCCC(=O)NC2(C#N)CCC2)s1. The average Bonchev–Trinajstić information content (AvgIpc) is 2.70. The van der Waals surface area contributed by atoms with Crippen molar-refractivity contribution in [1.29, 1.82) is 5.26 Å². The number of amides is 1. The van der Waals surface area contributed by atoms with Crippen LogP contribution in [0.3, 0.4) is 0 Å². The van der Waals surface area contributed by atoms with Gasteiger partial charge in [-0.1, -0.05) is 0 Å². The second-order valence-electron chi connectivity index (χ2n) is 4.96. The van der Waals surface area contributed by atoms with Gasteiger partial charge in [-0.25, -0.2) is 0 Å². The zero-order valence-electron chi connectivity index (χ0n) is 10.7. The lowest BCUT2D eigenvalue weighted by Gasteiger charge is -2.35. The summed E-state index contributed by atoms with van der Waals surface area (Å²) in [6.45, 7) is 2.09. The Labute approximate surface area is 112 Å². The molecule has 1 N–H and O–H groups in total. The van der Waals surface area contributed by atoms with E-state index in [-0.39, 0.29) is 5.91 Å². The Morgan fingerprint density at radius 3 is 2.83 bits per heavy atom. The first-order valence-corrected chi connectivity index (χ1v) is 7.23. The highest BCUT2D eigenvalue weighted by Crippen LogP contribution is 2.31. The van der Waals surface area contributed by atoms with Crippen molar-refractivity contribution in [3.63, 3.8) is 0 Å². The van der Waals surface area contributed by atoms with Gasteiger partial charge in [0, 0.05) is 16.2 Å². The number of nitrogens with one attached hydrogen (secondary N) is 1. The van der Waals surface area contributed by atoms with Gasteiger partial charge < -0.3 is 5.32 Å². The Balaban J connectivity index is 1.71. The number of nitriles is 1. The molecule has 0 aromatic carbocycles. The summed E-state index contributed by atoms with van der Waals surface area (Å²) >= 11 is 1.79. The number of carbonyl (C=O) groups is 1. The van der Waals surface area contributed by atoms with Crippen LogP contribution in [0.5, 0.6) is 0 Å². The minimum absolute atomic E-state index is 0.0181. The molecule has 1 fully saturated rings. The van der Waals surface area contributed by atoms with E-state index >= 15 is 0 Å². The highest BCUT2D eigenvalue weighted by atomic mass is 32.1. The zero-order chi connectivity index (χ0) is 13.0. The van der Waals surface area contributed by atoms with E-state index in [9.17, 15) is 4.79 Å². The van der Waals surface area contributed by atoms with Gasteiger partial charge >= 0.3 is 0 Å². The van der Waals surface area contributed by atoms with Crippen molar-refractivity contribution in [2.75, 3.05) is 0 Å². The third kappa shape index (κ3) is 3.11. The predicted molar refractivity (Wildman–Crippen MR) is 72.3 cm³/mol. The number of nitrogens with zero attached hydrogens (tertiary/aromatic N) is 1. The van der Waals surface area contributed by atoms with Gasteiger partial charge in [-0.2, -0.15) is 5.26 Å². The van der Waals surface area contributed by atoms with Gasteiger partial charge in [-0.15, -0.1) is 11.3 Å². The molecule has 1 aromatic rings. The van der Waals surface area contributed by atoms with Gasteiger partial charge in [0.05, 0.1) is 6.07 Å². The Morgan fingerprint density at radius 1 is 1.56 bits per heavy atom. The lowest BCUT2D eigenvalue weighted by molar-refractivity contribution is -0.123. The fourth-order valence-electron chi connectivity index (χ4n) is 2.17. The zero-order valence-corrected chi connectivity index (χ0v) is 11.5. The van der Waals surface area contributed by atoms with E-state index < -0.39 is 5.54 Å². The number of aryl methyl sites for hydroxylation is 2. The smallest absolute Gasteiger partial charge is 0.221 e. The standard InChI is InChI=1S/C14H18N2OS/c1-11-6-7-12(18-11)4-2-5-13(17)16-14(10-15)8-3-9-14/h6-7H,2-5,8-9H2,1H3,(H,16,17). The number of hydrogen-bond acceptors (Lipinski definition) is 3. The molecule has 1 aliphatic carbocycles. The normalized spacial score (nSPS) is 16.7. The summed E-state index contributed by atoms with van der Waals surface area (Å²) in [6.07, 6.45) is 4.97. The van der Waals surface area contributed by atoms with Crippen LogP contribution in [0.15, 0.2) is 12.1 Å². The molecule has 1 heterocycles. The molecule has 0 atom stereocenters. The van der Waals surface area contributed by atoms with Gasteiger partial charge in [-0.05, 0) is 51.2 Å². The van der Waals surface area contributed by atoms with Gasteiger partial charge in [0.15, 0.2) is 0 Å². The predicted octanol–water partition coefficient (Wildman–Crippen LogP) is 2.94. The summed E-state index contributed by atoms with van der Waals surface area (Å²) in [5.41, 5.74) is -0.545. The van der Waals surface area contributed by atoms with Gasteiger partial charge in [0.25, 0.3) is 0 Å². The topological polar surface area (TPSA) is 52.9 Å². The molecule has 96 valence electrons. The number of rotatable bonds is 5. The van der Waals surface area contributed by atoms with Crippen LogP contribution in [0.2, 0.25) is 0 Å². The highest BCUT2D eigenvalue weighted by molar-refractivity contribution is 7.11. The molecule has 1 saturated carbocycles. The fourth-order valence-corrected chi connectivity index (χ4v) is 3.10. The molecule has 1 aromatic heterocycles. The second-order valence-corrected chi connectivity index (χ2v) is 6.33. The van der Waals surface area contributed by atoms with Crippen LogP contribution >= 0.6 is 11.3 Å². The minimum atomic E-state index is -0.545. The van der Waals surface area contributed by atoms with E-state index in [2.05, 4.69) is 30.4 Å². The van der Waals surface area contributed by atoms with E-state index in [1.54, 1.807) is 11.3 Å². The lowest BCUT2D eigenvalue weighted by atomic mass is 9.78. The van der Waals surface area contributed by atoms with Crippen molar-refractivity contribution in [3.8, 4) is 6.07 Å². The molecule has 0 bridgehead atoms. The Kier molecular flexibility index (Phi) is 4.03. The van der Waals surface area contributed by atoms with Crippen LogP contribution < -0.4 is 5.32 Å². The molecule has 4 heteroatoms. The van der Waals surface area contributed by atoms with Crippen molar-refractivity contribution >= 4 is 17.2 Å². The largest absolute Gasteiger partial charge is 0.338 e. The summed E-state index contributed by atoms with van der Waals surface area (Å²) in [7, 11) is 0. The van der Waals surface area contributed by atoms with E-state index in [0.29, 0.717) is 6.42 Å². The first-order valence-electron chi connectivity index (χ1n) is 6.41. The molecule has 0 unspecified atom stereocenters. The fraction of sp³-hybridized carbons (Fsp3) is 0.571. The van der Waals surface area contributed by atoms with Crippen LogP contribution in [0.25, 0.3) is 0 Å². The minimum Gasteiger partial charge on any atom is -0.338 e. The van der Waals surface area contributed by atoms with Gasteiger partial charge in [0.1, 0.15) is 5.54 Å². The highest BCUT2D eigenvalue weighted by Gasteiger charge is 2.38. The molecule has 0 saturated heterocycles. The van der Waals surface area contributed by atoms with E-state index in [1.807, 2.05) is 0 Å². The van der Waals surface area contributed by atoms with E-state index in [4.69, 9.17) is 5.26 Å². The Morgan fingerprint density at radius 2 is 2.33 bits per heavy atom.